The van der Waals surface area contributed by atoms with Gasteiger partial charge in [0.2, 0.25) is 11.8 Å². The van der Waals surface area contributed by atoms with E-state index in [1.165, 1.54) is 0 Å². The first-order valence-corrected chi connectivity index (χ1v) is 9.65. The van der Waals surface area contributed by atoms with E-state index in [0.29, 0.717) is 11.6 Å². The van der Waals surface area contributed by atoms with Crippen molar-refractivity contribution in [2.75, 3.05) is 7.11 Å². The Morgan fingerprint density at radius 2 is 1.71 bits per heavy atom. The van der Waals surface area contributed by atoms with E-state index in [0.717, 1.165) is 16.9 Å². The second kappa shape index (κ2) is 10.1. The summed E-state index contributed by atoms with van der Waals surface area (Å²) in [7, 11) is 1.60. The van der Waals surface area contributed by atoms with Crippen molar-refractivity contribution in [3.63, 3.8) is 0 Å². The van der Waals surface area contributed by atoms with E-state index >= 15 is 0 Å². The zero-order valence-electron chi connectivity index (χ0n) is 16.7. The molecule has 150 valence electrons. The third-order valence-electron chi connectivity index (χ3n) is 4.41. The predicted octanol–water partition coefficient (Wildman–Crippen LogP) is 3.83. The summed E-state index contributed by atoms with van der Waals surface area (Å²) in [5.41, 5.74) is 1.66. The lowest BCUT2D eigenvalue weighted by atomic mass is 10.1. The molecule has 0 saturated heterocycles. The standard InChI is InChI=1S/C22H27ClN2O3/c1-15(2)24-22(27)16(3)25(14-17-9-11-19(28-4)12-10-17)21(26)13-18-7-5-6-8-20(18)23/h5-12,15-16H,13-14H2,1-4H3,(H,24,27)/t16-/m0/s1. The van der Waals surface area contributed by atoms with Gasteiger partial charge in [-0.2, -0.15) is 0 Å². The lowest BCUT2D eigenvalue weighted by molar-refractivity contribution is -0.140. The van der Waals surface area contributed by atoms with E-state index in [1.807, 2.05) is 56.3 Å². The van der Waals surface area contributed by atoms with Gasteiger partial charge in [0.25, 0.3) is 0 Å². The SMILES string of the molecule is COc1ccc(CN(C(=O)Cc2ccccc2Cl)[C@@H](C)C(=O)NC(C)C)cc1. The lowest BCUT2D eigenvalue weighted by Gasteiger charge is -2.29. The molecular formula is C22H27ClN2O3. The average molecular weight is 403 g/mol. The highest BCUT2D eigenvalue weighted by Crippen LogP contribution is 2.19. The van der Waals surface area contributed by atoms with E-state index in [1.54, 1.807) is 25.0 Å². The molecule has 0 radical (unpaired) electrons. The Morgan fingerprint density at radius 3 is 2.29 bits per heavy atom. The Balaban J connectivity index is 2.24. The molecule has 2 amide bonds. The van der Waals surface area contributed by atoms with Crippen molar-refractivity contribution in [3.8, 4) is 5.75 Å². The van der Waals surface area contributed by atoms with Gasteiger partial charge in [0.15, 0.2) is 0 Å². The molecule has 0 unspecified atom stereocenters. The Labute approximate surface area is 171 Å². The first-order chi connectivity index (χ1) is 13.3. The maximum Gasteiger partial charge on any atom is 0.242 e. The van der Waals surface area contributed by atoms with Crippen molar-refractivity contribution in [2.24, 2.45) is 0 Å². The molecule has 0 spiro atoms. The maximum atomic E-state index is 13.1. The van der Waals surface area contributed by atoms with Crippen LogP contribution in [0.4, 0.5) is 0 Å². The van der Waals surface area contributed by atoms with Crippen LogP contribution in [0.2, 0.25) is 5.02 Å². The number of nitrogens with one attached hydrogen (secondary N) is 1. The molecule has 0 aliphatic carbocycles. The molecular weight excluding hydrogens is 376 g/mol. The Hall–Kier alpha value is -2.53. The van der Waals surface area contributed by atoms with Crippen molar-refractivity contribution in [2.45, 2.75) is 45.8 Å². The van der Waals surface area contributed by atoms with E-state index in [9.17, 15) is 9.59 Å². The van der Waals surface area contributed by atoms with Gasteiger partial charge in [-0.05, 0) is 50.1 Å². The van der Waals surface area contributed by atoms with Crippen LogP contribution in [0.15, 0.2) is 48.5 Å². The van der Waals surface area contributed by atoms with Crippen LogP contribution in [-0.2, 0) is 22.6 Å². The monoisotopic (exact) mass is 402 g/mol. The molecule has 0 aliphatic rings. The van der Waals surface area contributed by atoms with E-state index in [-0.39, 0.29) is 24.3 Å². The fourth-order valence-electron chi connectivity index (χ4n) is 2.82. The number of benzene rings is 2. The van der Waals surface area contributed by atoms with Gasteiger partial charge in [-0.25, -0.2) is 0 Å². The van der Waals surface area contributed by atoms with Crippen molar-refractivity contribution < 1.29 is 14.3 Å². The topological polar surface area (TPSA) is 58.6 Å². The number of amides is 2. The molecule has 2 rings (SSSR count). The summed E-state index contributed by atoms with van der Waals surface area (Å²) in [4.78, 5) is 27.2. The number of methoxy groups -OCH3 is 1. The molecule has 1 atom stereocenters. The van der Waals surface area contributed by atoms with Crippen LogP contribution < -0.4 is 10.1 Å². The molecule has 0 aliphatic heterocycles. The summed E-state index contributed by atoms with van der Waals surface area (Å²) >= 11 is 6.21. The van der Waals surface area contributed by atoms with Crippen LogP contribution in [-0.4, -0.2) is 35.9 Å². The van der Waals surface area contributed by atoms with Crippen molar-refractivity contribution >= 4 is 23.4 Å². The number of nitrogens with zero attached hydrogens (tertiary/aromatic N) is 1. The van der Waals surface area contributed by atoms with Gasteiger partial charge in [-0.15, -0.1) is 0 Å². The van der Waals surface area contributed by atoms with Crippen molar-refractivity contribution in [3.05, 3.63) is 64.7 Å². The zero-order valence-corrected chi connectivity index (χ0v) is 17.5. The first kappa shape index (κ1) is 21.8. The van der Waals surface area contributed by atoms with E-state index in [4.69, 9.17) is 16.3 Å². The van der Waals surface area contributed by atoms with Crippen LogP contribution in [0.25, 0.3) is 0 Å². The van der Waals surface area contributed by atoms with E-state index in [2.05, 4.69) is 5.32 Å². The number of halogens is 1. The molecule has 2 aromatic carbocycles. The molecule has 2 aromatic rings. The van der Waals surface area contributed by atoms with Crippen LogP contribution in [0.5, 0.6) is 5.75 Å². The molecule has 0 aromatic heterocycles. The number of ether oxygens (including phenoxy) is 1. The van der Waals surface area contributed by atoms with Gasteiger partial charge in [0.1, 0.15) is 11.8 Å². The summed E-state index contributed by atoms with van der Waals surface area (Å²) < 4.78 is 5.18. The molecule has 6 heteroatoms. The minimum absolute atomic E-state index is 0.00328. The van der Waals surface area contributed by atoms with Gasteiger partial charge in [0, 0.05) is 17.6 Å². The Bertz CT molecular complexity index is 806. The highest BCUT2D eigenvalue weighted by atomic mass is 35.5. The first-order valence-electron chi connectivity index (χ1n) is 9.28. The molecule has 0 saturated carbocycles. The number of rotatable bonds is 8. The van der Waals surface area contributed by atoms with Crippen molar-refractivity contribution in [1.29, 1.82) is 0 Å². The highest BCUT2D eigenvalue weighted by Gasteiger charge is 2.27. The number of carbonyl (C=O) groups excluding carboxylic acids is 2. The van der Waals surface area contributed by atoms with Gasteiger partial charge in [0.05, 0.1) is 13.5 Å². The smallest absolute Gasteiger partial charge is 0.242 e. The Kier molecular flexibility index (Phi) is 7.88. The van der Waals surface area contributed by atoms with Gasteiger partial charge in [-0.1, -0.05) is 41.9 Å². The number of carbonyl (C=O) groups is 2. The molecule has 28 heavy (non-hydrogen) atoms. The summed E-state index contributed by atoms with van der Waals surface area (Å²) in [5, 5.41) is 3.42. The van der Waals surface area contributed by atoms with Gasteiger partial charge >= 0.3 is 0 Å². The maximum absolute atomic E-state index is 13.1. The summed E-state index contributed by atoms with van der Waals surface area (Å²) in [5.74, 6) is 0.398. The molecule has 5 nitrogen and oxygen atoms in total. The minimum Gasteiger partial charge on any atom is -0.497 e. The van der Waals surface area contributed by atoms with Gasteiger partial charge in [-0.3, -0.25) is 9.59 Å². The normalized spacial score (nSPS) is 11.8. The Morgan fingerprint density at radius 1 is 1.07 bits per heavy atom. The quantitative estimate of drug-likeness (QED) is 0.729. The largest absolute Gasteiger partial charge is 0.497 e. The van der Waals surface area contributed by atoms with Crippen LogP contribution in [0.1, 0.15) is 31.9 Å². The van der Waals surface area contributed by atoms with Gasteiger partial charge < -0.3 is 15.0 Å². The van der Waals surface area contributed by atoms with Crippen LogP contribution in [0.3, 0.4) is 0 Å². The predicted molar refractivity (Wildman–Crippen MR) is 111 cm³/mol. The second-order valence-electron chi connectivity index (χ2n) is 6.98. The fourth-order valence-corrected chi connectivity index (χ4v) is 3.02. The average Bonchev–Trinajstić information content (AvgIpc) is 2.67. The third-order valence-corrected chi connectivity index (χ3v) is 4.78. The summed E-state index contributed by atoms with van der Waals surface area (Å²) in [6.45, 7) is 5.85. The van der Waals surface area contributed by atoms with Crippen molar-refractivity contribution in [1.82, 2.24) is 10.2 Å². The molecule has 0 bridgehead atoms. The third kappa shape index (κ3) is 5.99. The van der Waals surface area contributed by atoms with E-state index < -0.39 is 6.04 Å². The zero-order chi connectivity index (χ0) is 20.7. The van der Waals surface area contributed by atoms with Crippen LogP contribution >= 0.6 is 11.6 Å². The second-order valence-corrected chi connectivity index (χ2v) is 7.38. The number of hydrogen-bond acceptors (Lipinski definition) is 3. The highest BCUT2D eigenvalue weighted by molar-refractivity contribution is 6.31. The molecule has 0 heterocycles. The number of hydrogen-bond donors (Lipinski definition) is 1. The minimum atomic E-state index is -0.612. The summed E-state index contributed by atoms with van der Waals surface area (Å²) in [6.07, 6.45) is 0.134. The molecule has 1 N–H and O–H groups in total. The fraction of sp³-hybridized carbons (Fsp3) is 0.364. The molecule has 0 fully saturated rings. The lowest BCUT2D eigenvalue weighted by Crippen LogP contribution is -2.49. The summed E-state index contributed by atoms with van der Waals surface area (Å²) in [6, 6.07) is 14.1. The van der Waals surface area contributed by atoms with Crippen LogP contribution in [0, 0.1) is 0 Å².